The molecule has 2 unspecified atom stereocenters. The van der Waals surface area contributed by atoms with Crippen LogP contribution in [0.5, 0.6) is 0 Å². The molecule has 0 saturated heterocycles. The maximum Gasteiger partial charge on any atom is 0.312 e. The molecular formula is C13H17NO8PS+. The monoisotopic (exact) mass is 378 g/mol. The first-order valence-corrected chi connectivity index (χ1v) is 9.71. The summed E-state index contributed by atoms with van der Waals surface area (Å²) in [6.45, 7) is 0. The Labute approximate surface area is 140 Å². The minimum atomic E-state index is -3.87. The van der Waals surface area contributed by atoms with Gasteiger partial charge < -0.3 is 14.8 Å². The van der Waals surface area contributed by atoms with Gasteiger partial charge in [-0.1, -0.05) is 12.1 Å². The van der Waals surface area contributed by atoms with Crippen LogP contribution >= 0.6 is 7.72 Å². The van der Waals surface area contributed by atoms with Crippen LogP contribution in [0.1, 0.15) is 12.8 Å². The summed E-state index contributed by atoms with van der Waals surface area (Å²) in [6.07, 6.45) is -1.23. The first-order chi connectivity index (χ1) is 11.1. The van der Waals surface area contributed by atoms with Crippen molar-refractivity contribution in [3.8, 4) is 0 Å². The largest absolute Gasteiger partial charge is 0.481 e. The quantitative estimate of drug-likeness (QED) is 0.244. The minimum Gasteiger partial charge on any atom is -0.481 e. The third-order valence-corrected chi connectivity index (χ3v) is 5.17. The smallest absolute Gasteiger partial charge is 0.312 e. The van der Waals surface area contributed by atoms with Crippen molar-refractivity contribution in [1.29, 1.82) is 0 Å². The van der Waals surface area contributed by atoms with E-state index in [9.17, 15) is 23.6 Å². The Balaban J connectivity index is 2.89. The Bertz CT molecular complexity index is 663. The van der Waals surface area contributed by atoms with Gasteiger partial charge in [-0.15, -0.1) is 0 Å². The number of benzene rings is 1. The molecule has 0 bridgehead atoms. The van der Waals surface area contributed by atoms with Crippen LogP contribution in [0, 0.1) is 5.92 Å². The number of hydrogen-bond donors (Lipinski definition) is 5. The topological polar surface area (TPSA) is 165 Å². The molecule has 0 heterocycles. The summed E-state index contributed by atoms with van der Waals surface area (Å²) >= 11 is -2.32. The maximum atomic E-state index is 11.2. The minimum absolute atomic E-state index is 0.0330. The van der Waals surface area contributed by atoms with Crippen molar-refractivity contribution in [3.63, 3.8) is 0 Å². The molecule has 0 aliphatic carbocycles. The fraction of sp³-hybridized carbons (Fsp3) is 0.308. The third-order valence-electron chi connectivity index (χ3n) is 2.98. The van der Waals surface area contributed by atoms with Gasteiger partial charge in [0.2, 0.25) is 5.96 Å². The molecule has 1 aromatic rings. The molecule has 11 heteroatoms. The molecule has 5 N–H and O–H groups in total. The Morgan fingerprint density at radius 3 is 2.42 bits per heavy atom. The summed E-state index contributed by atoms with van der Waals surface area (Å²) in [6, 6.07) is 5.77. The number of para-hydroxylation sites is 1. The van der Waals surface area contributed by atoms with Crippen molar-refractivity contribution in [2.45, 2.75) is 17.7 Å². The molecule has 0 fully saturated rings. The summed E-state index contributed by atoms with van der Waals surface area (Å²) in [5, 5.41) is 17.6. The van der Waals surface area contributed by atoms with Gasteiger partial charge in [-0.25, -0.2) is 19.0 Å². The first kappa shape index (κ1) is 20.3. The number of nitrogens with zero attached hydrogens (tertiary/aromatic N) is 1. The highest BCUT2D eigenvalue weighted by atomic mass is 32.2. The average molecular weight is 378 g/mol. The summed E-state index contributed by atoms with van der Waals surface area (Å²) in [7, 11) is -3.87. The zero-order chi connectivity index (χ0) is 18.3. The number of carboxylic acid groups (broad SMARTS) is 2. The number of rotatable bonds is 9. The number of carbonyl (C=O) groups is 2. The summed E-state index contributed by atoms with van der Waals surface area (Å²) in [4.78, 5) is 45.3. The lowest BCUT2D eigenvalue weighted by Gasteiger charge is -2.13. The second kappa shape index (κ2) is 8.95. The molecule has 1 aromatic carbocycles. The van der Waals surface area contributed by atoms with E-state index in [1.165, 1.54) is 24.3 Å². The van der Waals surface area contributed by atoms with E-state index in [-0.39, 0.29) is 17.0 Å². The molecule has 0 aliphatic rings. The summed E-state index contributed by atoms with van der Waals surface area (Å²) in [5.74, 6) is -3.02. The average Bonchev–Trinajstić information content (AvgIpc) is 2.49. The van der Waals surface area contributed by atoms with E-state index in [4.69, 9.17) is 14.8 Å². The lowest BCUT2D eigenvalue weighted by molar-refractivity contribution is -0.142. The van der Waals surface area contributed by atoms with E-state index >= 15 is 0 Å². The van der Waals surface area contributed by atoms with Crippen LogP contribution in [0.15, 0.2) is 34.2 Å². The van der Waals surface area contributed by atoms with E-state index in [0.29, 0.717) is 0 Å². The molecule has 0 aliphatic heterocycles. The molecule has 1 rings (SSSR count). The number of carboxylic acids is 2. The van der Waals surface area contributed by atoms with Gasteiger partial charge in [0.15, 0.2) is 11.1 Å². The lowest BCUT2D eigenvalue weighted by atomic mass is 10.1. The van der Waals surface area contributed by atoms with Crippen molar-refractivity contribution >= 4 is 42.4 Å². The molecule has 0 aromatic heterocycles. The van der Waals surface area contributed by atoms with Gasteiger partial charge in [0.05, 0.1) is 16.5 Å². The molecular weight excluding hydrogens is 361 g/mol. The van der Waals surface area contributed by atoms with Gasteiger partial charge >= 0.3 is 19.7 Å². The highest BCUT2D eigenvalue weighted by molar-refractivity contribution is 7.79. The van der Waals surface area contributed by atoms with Crippen molar-refractivity contribution in [3.05, 3.63) is 24.3 Å². The van der Waals surface area contributed by atoms with Gasteiger partial charge in [-0.2, -0.15) is 0 Å². The fourth-order valence-corrected chi connectivity index (χ4v) is 3.71. The SMILES string of the molecule is O=C(O)CCC(C[P+](O)(O)C=Nc1ccccc1S(=O)O)C(=O)O. The highest BCUT2D eigenvalue weighted by Gasteiger charge is 2.38. The number of aliphatic imine (C=N–C) groups is 1. The van der Waals surface area contributed by atoms with Crippen LogP contribution in [0.25, 0.3) is 0 Å². The molecule has 24 heavy (non-hydrogen) atoms. The van der Waals surface area contributed by atoms with E-state index in [0.717, 1.165) is 5.96 Å². The van der Waals surface area contributed by atoms with Gasteiger partial charge in [0, 0.05) is 6.42 Å². The van der Waals surface area contributed by atoms with E-state index in [1.807, 2.05) is 0 Å². The van der Waals surface area contributed by atoms with E-state index in [2.05, 4.69) is 4.99 Å². The molecule has 2 atom stereocenters. The third kappa shape index (κ3) is 6.81. The van der Waals surface area contributed by atoms with E-state index < -0.39 is 49.2 Å². The molecule has 0 radical (unpaired) electrons. The summed E-state index contributed by atoms with van der Waals surface area (Å²) < 4.78 is 20.3. The Kier molecular flexibility index (Phi) is 7.59. The highest BCUT2D eigenvalue weighted by Crippen LogP contribution is 2.49. The zero-order valence-corrected chi connectivity index (χ0v) is 14.1. The standard InChI is InChI=1S/C13H16NO8PS/c15-12(16)6-5-9(13(17)18)7-23(19,20)8-14-10-3-1-2-4-11(10)24(21)22/h1-4,8-9,19-20H,5-7H2,(H2-,15,16,17,18,21,22)/p+1. The predicted octanol–water partition coefficient (Wildman–Crippen LogP) is 1.32. The fourth-order valence-electron chi connectivity index (χ4n) is 1.83. The summed E-state index contributed by atoms with van der Waals surface area (Å²) in [5.41, 5.74) is 0.0446. The number of hydrogen-bond acceptors (Lipinski definition) is 6. The zero-order valence-electron chi connectivity index (χ0n) is 12.3. The van der Waals surface area contributed by atoms with Crippen LogP contribution in [0.2, 0.25) is 0 Å². The first-order valence-electron chi connectivity index (χ1n) is 6.65. The van der Waals surface area contributed by atoms with Crippen LogP contribution in [0.3, 0.4) is 0 Å². The van der Waals surface area contributed by atoms with Crippen LogP contribution < -0.4 is 0 Å². The molecule has 9 nitrogen and oxygen atoms in total. The Morgan fingerprint density at radius 2 is 1.88 bits per heavy atom. The van der Waals surface area contributed by atoms with Gasteiger partial charge in [-0.3, -0.25) is 9.59 Å². The van der Waals surface area contributed by atoms with E-state index in [1.54, 1.807) is 0 Å². The maximum absolute atomic E-state index is 11.2. The number of aliphatic carboxylic acids is 2. The van der Waals surface area contributed by atoms with Crippen molar-refractivity contribution in [2.24, 2.45) is 10.9 Å². The Morgan fingerprint density at radius 1 is 1.25 bits per heavy atom. The van der Waals surface area contributed by atoms with Gasteiger partial charge in [0.25, 0.3) is 0 Å². The van der Waals surface area contributed by atoms with Crippen molar-refractivity contribution < 1.29 is 38.4 Å². The molecule has 0 amide bonds. The van der Waals surface area contributed by atoms with Crippen LogP contribution in [0.4, 0.5) is 5.69 Å². The van der Waals surface area contributed by atoms with Crippen molar-refractivity contribution in [1.82, 2.24) is 0 Å². The predicted molar refractivity (Wildman–Crippen MR) is 87.9 cm³/mol. The lowest BCUT2D eigenvalue weighted by Crippen LogP contribution is -2.21. The molecule has 132 valence electrons. The molecule has 0 saturated carbocycles. The second-order valence-electron chi connectivity index (χ2n) is 4.90. The van der Waals surface area contributed by atoms with Crippen molar-refractivity contribution in [2.75, 3.05) is 6.16 Å². The second-order valence-corrected chi connectivity index (χ2v) is 8.00. The normalized spacial score (nSPS) is 14.5. The Hall–Kier alpha value is -1.71. The van der Waals surface area contributed by atoms with Gasteiger partial charge in [-0.05, 0) is 18.6 Å². The van der Waals surface area contributed by atoms with Crippen LogP contribution in [-0.4, -0.2) is 52.8 Å². The molecule has 0 spiro atoms. The van der Waals surface area contributed by atoms with Gasteiger partial charge in [0.1, 0.15) is 6.16 Å². The van der Waals surface area contributed by atoms with Crippen LogP contribution in [-0.2, 0) is 20.7 Å².